The Morgan fingerprint density at radius 2 is 1.60 bits per heavy atom. The van der Waals surface area contributed by atoms with Crippen LogP contribution in [-0.4, -0.2) is 12.6 Å². The molecule has 220 valence electrons. The Balaban J connectivity index is 1.31. The van der Waals surface area contributed by atoms with E-state index in [1.54, 1.807) is 12.1 Å². The summed E-state index contributed by atoms with van der Waals surface area (Å²) in [4.78, 5) is 12.6. The first kappa shape index (κ1) is 32.0. The zero-order chi connectivity index (χ0) is 28.4. The summed E-state index contributed by atoms with van der Waals surface area (Å²) < 4.78 is 11.5. The van der Waals surface area contributed by atoms with Crippen LogP contribution in [0.2, 0.25) is 0 Å². The van der Waals surface area contributed by atoms with Gasteiger partial charge in [0.2, 0.25) is 0 Å². The van der Waals surface area contributed by atoms with Gasteiger partial charge >= 0.3 is 5.97 Å². The molecule has 1 saturated carbocycles. The number of carbonyl (C=O) groups is 1. The van der Waals surface area contributed by atoms with Gasteiger partial charge in [0.1, 0.15) is 11.5 Å². The number of hydrogen-bond donors (Lipinski definition) is 0. The molecule has 3 heteroatoms. The molecular formula is C37H54O3. The topological polar surface area (TPSA) is 35.5 Å². The largest absolute Gasteiger partial charge is 0.494 e. The molecule has 40 heavy (non-hydrogen) atoms. The molecule has 0 radical (unpaired) electrons. The summed E-state index contributed by atoms with van der Waals surface area (Å²) in [6.07, 6.45) is 24.0. The zero-order valence-corrected chi connectivity index (χ0v) is 25.5. The third kappa shape index (κ3) is 12.3. The summed E-state index contributed by atoms with van der Waals surface area (Å²) in [5, 5.41) is 0. The van der Waals surface area contributed by atoms with Gasteiger partial charge in [-0.25, -0.2) is 4.79 Å². The van der Waals surface area contributed by atoms with E-state index in [1.165, 1.54) is 89.0 Å². The lowest BCUT2D eigenvalue weighted by atomic mass is 9.79. The molecule has 0 aromatic heterocycles. The maximum atomic E-state index is 12.6. The second-order valence-electron chi connectivity index (χ2n) is 12.0. The number of unbranched alkanes of at least 4 members (excludes halogenated alkanes) is 5. The summed E-state index contributed by atoms with van der Waals surface area (Å²) in [5.41, 5.74) is 1.86. The fourth-order valence-corrected chi connectivity index (χ4v) is 5.58. The van der Waals surface area contributed by atoms with Gasteiger partial charge < -0.3 is 9.47 Å². The van der Waals surface area contributed by atoms with Gasteiger partial charge in [0, 0.05) is 0 Å². The quantitative estimate of drug-likeness (QED) is 0.0807. The summed E-state index contributed by atoms with van der Waals surface area (Å²) in [6, 6.07) is 15.3. The molecule has 2 aromatic carbocycles. The van der Waals surface area contributed by atoms with E-state index in [0.717, 1.165) is 36.3 Å². The van der Waals surface area contributed by atoms with Crippen LogP contribution in [0.4, 0.5) is 0 Å². The van der Waals surface area contributed by atoms with Crippen molar-refractivity contribution < 1.29 is 14.3 Å². The Labute approximate surface area is 244 Å². The van der Waals surface area contributed by atoms with E-state index in [-0.39, 0.29) is 5.97 Å². The standard InChI is InChI=1S/C37H54O3/c1-4-6-7-8-11-14-31-15-17-32(18-16-31)19-20-33-21-25-36(26-22-33)40-37(38)34-23-27-35(28-24-34)39-29-12-9-10-13-30(3)5-2/h11,14,21-28,30-32H,4-10,12-13,15-20,29H2,1-3H3/b14-11-/t30-,31-,32-/m0/s1. The minimum atomic E-state index is -0.333. The Morgan fingerprint density at radius 1 is 0.875 bits per heavy atom. The van der Waals surface area contributed by atoms with Gasteiger partial charge in [0.05, 0.1) is 12.2 Å². The van der Waals surface area contributed by atoms with Gasteiger partial charge in [-0.1, -0.05) is 83.6 Å². The second kappa shape index (κ2) is 18.7. The maximum Gasteiger partial charge on any atom is 0.343 e. The zero-order valence-electron chi connectivity index (χ0n) is 25.5. The first-order chi connectivity index (χ1) is 19.6. The first-order valence-electron chi connectivity index (χ1n) is 16.3. The second-order valence-corrected chi connectivity index (χ2v) is 12.0. The van der Waals surface area contributed by atoms with Gasteiger partial charge in [0.15, 0.2) is 0 Å². The van der Waals surface area contributed by atoms with Crippen LogP contribution in [0.5, 0.6) is 11.5 Å². The van der Waals surface area contributed by atoms with Gasteiger partial charge in [-0.3, -0.25) is 0 Å². The molecule has 0 saturated heterocycles. The number of hydrogen-bond acceptors (Lipinski definition) is 3. The molecule has 0 bridgehead atoms. The first-order valence-corrected chi connectivity index (χ1v) is 16.3. The number of aryl methyl sites for hydroxylation is 1. The van der Waals surface area contributed by atoms with E-state index < -0.39 is 0 Å². The van der Waals surface area contributed by atoms with Crippen LogP contribution in [0.15, 0.2) is 60.7 Å². The lowest BCUT2D eigenvalue weighted by Crippen LogP contribution is -2.13. The van der Waals surface area contributed by atoms with Crippen molar-refractivity contribution in [2.75, 3.05) is 6.61 Å². The number of carbonyl (C=O) groups excluding carboxylic acids is 1. The smallest absolute Gasteiger partial charge is 0.343 e. The fourth-order valence-electron chi connectivity index (χ4n) is 5.58. The summed E-state index contributed by atoms with van der Waals surface area (Å²) in [5.74, 6) is 3.51. The third-order valence-electron chi connectivity index (χ3n) is 8.65. The molecule has 1 aliphatic rings. The van der Waals surface area contributed by atoms with Crippen molar-refractivity contribution in [1.82, 2.24) is 0 Å². The van der Waals surface area contributed by atoms with Crippen LogP contribution < -0.4 is 9.47 Å². The fraction of sp³-hybridized carbons (Fsp3) is 0.595. The summed E-state index contributed by atoms with van der Waals surface area (Å²) in [6.45, 7) is 7.56. The van der Waals surface area contributed by atoms with Crippen molar-refractivity contribution >= 4 is 5.97 Å². The third-order valence-corrected chi connectivity index (χ3v) is 8.65. The van der Waals surface area contributed by atoms with Crippen LogP contribution in [0, 0.1) is 17.8 Å². The van der Waals surface area contributed by atoms with Crippen molar-refractivity contribution in [3.05, 3.63) is 71.8 Å². The Hall–Kier alpha value is -2.55. The van der Waals surface area contributed by atoms with Crippen LogP contribution in [0.25, 0.3) is 0 Å². The number of esters is 1. The van der Waals surface area contributed by atoms with Crippen molar-refractivity contribution in [1.29, 1.82) is 0 Å². The SMILES string of the molecule is CCCCC/C=C\[C@H]1CC[C@H](CCc2ccc(OC(=O)c3ccc(OCCCCC[C@@H](C)CC)cc3)cc2)CC1. The molecule has 2 aromatic rings. The number of benzene rings is 2. The monoisotopic (exact) mass is 546 g/mol. The van der Waals surface area contributed by atoms with E-state index >= 15 is 0 Å². The van der Waals surface area contributed by atoms with Crippen LogP contribution >= 0.6 is 0 Å². The molecule has 0 spiro atoms. The molecule has 3 rings (SSSR count). The van der Waals surface area contributed by atoms with E-state index in [1.807, 2.05) is 24.3 Å². The van der Waals surface area contributed by atoms with Gasteiger partial charge in [-0.2, -0.15) is 0 Å². The van der Waals surface area contributed by atoms with Crippen LogP contribution in [0.1, 0.15) is 127 Å². The molecule has 3 nitrogen and oxygen atoms in total. The Bertz CT molecular complexity index is 967. The van der Waals surface area contributed by atoms with Crippen molar-refractivity contribution in [2.45, 2.75) is 117 Å². The minimum Gasteiger partial charge on any atom is -0.494 e. The average Bonchev–Trinajstić information content (AvgIpc) is 2.99. The predicted molar refractivity (Wildman–Crippen MR) is 168 cm³/mol. The van der Waals surface area contributed by atoms with Crippen LogP contribution in [-0.2, 0) is 6.42 Å². The Morgan fingerprint density at radius 3 is 2.30 bits per heavy atom. The van der Waals surface area contributed by atoms with E-state index in [9.17, 15) is 4.79 Å². The molecule has 0 heterocycles. The van der Waals surface area contributed by atoms with Gasteiger partial charge in [0.25, 0.3) is 0 Å². The van der Waals surface area contributed by atoms with Crippen molar-refractivity contribution in [3.63, 3.8) is 0 Å². The van der Waals surface area contributed by atoms with Crippen LogP contribution in [0.3, 0.4) is 0 Å². The lowest BCUT2D eigenvalue weighted by Gasteiger charge is -2.26. The number of rotatable bonds is 18. The number of allylic oxidation sites excluding steroid dienone is 2. The average molecular weight is 547 g/mol. The number of ether oxygens (including phenoxy) is 2. The normalized spacial score (nSPS) is 18.1. The Kier molecular flexibility index (Phi) is 15.0. The lowest BCUT2D eigenvalue weighted by molar-refractivity contribution is 0.0734. The highest BCUT2D eigenvalue weighted by Gasteiger charge is 2.19. The summed E-state index contributed by atoms with van der Waals surface area (Å²) >= 11 is 0. The molecular weight excluding hydrogens is 492 g/mol. The van der Waals surface area contributed by atoms with E-state index in [4.69, 9.17) is 9.47 Å². The highest BCUT2D eigenvalue weighted by Crippen LogP contribution is 2.32. The van der Waals surface area contributed by atoms with E-state index in [2.05, 4.69) is 45.1 Å². The van der Waals surface area contributed by atoms with Crippen molar-refractivity contribution in [2.24, 2.45) is 17.8 Å². The summed E-state index contributed by atoms with van der Waals surface area (Å²) in [7, 11) is 0. The molecule has 1 atom stereocenters. The van der Waals surface area contributed by atoms with E-state index in [0.29, 0.717) is 17.9 Å². The molecule has 1 fully saturated rings. The minimum absolute atomic E-state index is 0.333. The highest BCUT2D eigenvalue weighted by molar-refractivity contribution is 5.91. The van der Waals surface area contributed by atoms with Gasteiger partial charge in [-0.05, 0) is 118 Å². The molecule has 0 unspecified atom stereocenters. The maximum absolute atomic E-state index is 12.6. The molecule has 0 aliphatic heterocycles. The van der Waals surface area contributed by atoms with Crippen molar-refractivity contribution in [3.8, 4) is 11.5 Å². The van der Waals surface area contributed by atoms with Gasteiger partial charge in [-0.15, -0.1) is 0 Å². The predicted octanol–water partition coefficient (Wildman–Crippen LogP) is 10.8. The molecule has 0 N–H and O–H groups in total. The molecule has 0 amide bonds. The highest BCUT2D eigenvalue weighted by atomic mass is 16.5. The molecule has 1 aliphatic carbocycles.